The second kappa shape index (κ2) is 9.08. The smallest absolute Gasteiger partial charge is 0.247 e. The minimum atomic E-state index is -0.897. The van der Waals surface area contributed by atoms with Gasteiger partial charge in [-0.05, 0) is 31.4 Å². The van der Waals surface area contributed by atoms with E-state index in [-0.39, 0.29) is 18.2 Å². The van der Waals surface area contributed by atoms with Crippen molar-refractivity contribution in [3.63, 3.8) is 0 Å². The predicted octanol–water partition coefficient (Wildman–Crippen LogP) is 5.24. The van der Waals surface area contributed by atoms with E-state index in [0.717, 1.165) is 5.69 Å². The first-order valence-electron chi connectivity index (χ1n) is 10.7. The molecule has 0 saturated carbocycles. The molecule has 1 aliphatic rings. The van der Waals surface area contributed by atoms with Gasteiger partial charge >= 0.3 is 0 Å². The van der Waals surface area contributed by atoms with Crippen molar-refractivity contribution in [2.75, 3.05) is 11.2 Å². The molecule has 2 aromatic heterocycles. The Morgan fingerprint density at radius 3 is 2.59 bits per heavy atom. The lowest BCUT2D eigenvalue weighted by Gasteiger charge is -2.30. The third kappa shape index (κ3) is 3.70. The van der Waals surface area contributed by atoms with E-state index in [1.165, 1.54) is 11.8 Å². The van der Waals surface area contributed by atoms with Crippen LogP contribution >= 0.6 is 23.4 Å². The molecule has 172 valence electrons. The fourth-order valence-corrected chi connectivity index (χ4v) is 4.62. The van der Waals surface area contributed by atoms with Crippen LogP contribution < -0.4 is 9.64 Å². The number of amides is 1. The van der Waals surface area contributed by atoms with Gasteiger partial charge in [-0.3, -0.25) is 9.69 Å². The summed E-state index contributed by atoms with van der Waals surface area (Å²) in [4.78, 5) is 19.5. The molecule has 0 N–H and O–H groups in total. The highest BCUT2D eigenvalue weighted by molar-refractivity contribution is 7.98. The highest BCUT2D eigenvalue weighted by atomic mass is 35.5. The van der Waals surface area contributed by atoms with Crippen LogP contribution in [-0.4, -0.2) is 37.1 Å². The van der Waals surface area contributed by atoms with Crippen LogP contribution in [0.5, 0.6) is 5.88 Å². The number of anilines is 1. The summed E-state index contributed by atoms with van der Waals surface area (Å²) in [6.45, 7) is 3.66. The Bertz CT molecular complexity index is 1380. The Morgan fingerprint density at radius 1 is 1.12 bits per heavy atom. The Hall–Kier alpha value is -3.43. The van der Waals surface area contributed by atoms with E-state index in [1.807, 2.05) is 74.7 Å². The Morgan fingerprint density at radius 2 is 1.85 bits per heavy atom. The predicted molar refractivity (Wildman–Crippen MR) is 132 cm³/mol. The molecule has 0 fully saturated rings. The molecule has 10 heteroatoms. The van der Waals surface area contributed by atoms with Crippen molar-refractivity contribution < 1.29 is 9.53 Å². The number of hydrogen-bond acceptors (Lipinski definition) is 7. The molecule has 1 aliphatic heterocycles. The number of aromatic nitrogens is 5. The number of benzene rings is 2. The zero-order chi connectivity index (χ0) is 23.8. The molecule has 0 aliphatic carbocycles. The lowest BCUT2D eigenvalue weighted by molar-refractivity contribution is -0.120. The SMILES string of the molecule is CCC(=O)N1c2ccccc2-c2nnc(SC)nc2O[C@@H]1c1c(C)nn(-c2ccccc2)c1Cl. The van der Waals surface area contributed by atoms with E-state index in [4.69, 9.17) is 16.3 Å². The molecule has 0 radical (unpaired) electrons. The molecular formula is C24H21ClN6O2S. The fraction of sp³-hybridized carbons (Fsp3) is 0.208. The van der Waals surface area contributed by atoms with Gasteiger partial charge in [0.25, 0.3) is 0 Å². The lowest BCUT2D eigenvalue weighted by Crippen LogP contribution is -2.37. The van der Waals surface area contributed by atoms with E-state index in [0.29, 0.717) is 38.5 Å². The van der Waals surface area contributed by atoms with Gasteiger partial charge in [-0.25, -0.2) is 4.68 Å². The number of carbonyl (C=O) groups excluding carboxylic acids is 1. The van der Waals surface area contributed by atoms with E-state index in [9.17, 15) is 4.79 Å². The number of thioether (sulfide) groups is 1. The molecule has 8 nitrogen and oxygen atoms in total. The van der Waals surface area contributed by atoms with Crippen LogP contribution in [0.15, 0.2) is 59.8 Å². The van der Waals surface area contributed by atoms with Crippen LogP contribution in [0.25, 0.3) is 16.9 Å². The molecule has 1 amide bonds. The summed E-state index contributed by atoms with van der Waals surface area (Å²) < 4.78 is 8.10. The van der Waals surface area contributed by atoms with Gasteiger partial charge in [0.15, 0.2) is 5.69 Å². The molecule has 3 heterocycles. The number of ether oxygens (including phenoxy) is 1. The van der Waals surface area contributed by atoms with Crippen molar-refractivity contribution in [2.45, 2.75) is 31.7 Å². The number of fused-ring (bicyclic) bond motifs is 3. The summed E-state index contributed by atoms with van der Waals surface area (Å²) in [5.41, 5.74) is 3.85. The van der Waals surface area contributed by atoms with Gasteiger partial charge in [0.2, 0.25) is 23.2 Å². The fourth-order valence-electron chi connectivity index (χ4n) is 3.96. The highest BCUT2D eigenvalue weighted by Gasteiger charge is 2.38. The Kier molecular flexibility index (Phi) is 5.97. The average molecular weight is 493 g/mol. The zero-order valence-electron chi connectivity index (χ0n) is 18.8. The van der Waals surface area contributed by atoms with Crippen molar-refractivity contribution in [1.29, 1.82) is 0 Å². The number of hydrogen-bond donors (Lipinski definition) is 0. The van der Waals surface area contributed by atoms with Crippen LogP contribution in [0.4, 0.5) is 5.69 Å². The molecule has 2 aromatic carbocycles. The minimum Gasteiger partial charge on any atom is -0.447 e. The first kappa shape index (κ1) is 22.4. The average Bonchev–Trinajstić information content (AvgIpc) is 3.09. The molecule has 0 bridgehead atoms. The van der Waals surface area contributed by atoms with Crippen molar-refractivity contribution in [2.24, 2.45) is 0 Å². The summed E-state index contributed by atoms with van der Waals surface area (Å²) >= 11 is 8.26. The molecule has 34 heavy (non-hydrogen) atoms. The summed E-state index contributed by atoms with van der Waals surface area (Å²) in [5.74, 6) is 0.150. The van der Waals surface area contributed by atoms with Crippen molar-refractivity contribution >= 4 is 35.0 Å². The van der Waals surface area contributed by atoms with Gasteiger partial charge in [-0.2, -0.15) is 10.1 Å². The first-order chi connectivity index (χ1) is 16.5. The zero-order valence-corrected chi connectivity index (χ0v) is 20.3. The second-order valence-electron chi connectivity index (χ2n) is 7.59. The van der Waals surface area contributed by atoms with Crippen molar-refractivity contribution in [3.8, 4) is 22.8 Å². The van der Waals surface area contributed by atoms with Gasteiger partial charge in [0.1, 0.15) is 5.15 Å². The molecule has 0 saturated heterocycles. The van der Waals surface area contributed by atoms with Crippen molar-refractivity contribution in [1.82, 2.24) is 25.0 Å². The maximum atomic E-state index is 13.4. The van der Waals surface area contributed by atoms with Crippen LogP contribution in [0.3, 0.4) is 0 Å². The van der Waals surface area contributed by atoms with Gasteiger partial charge in [-0.1, -0.05) is 66.7 Å². The number of para-hydroxylation sites is 2. The number of nitrogens with zero attached hydrogens (tertiary/aromatic N) is 6. The molecule has 5 rings (SSSR count). The van der Waals surface area contributed by atoms with E-state index in [2.05, 4.69) is 20.3 Å². The van der Waals surface area contributed by atoms with Gasteiger partial charge < -0.3 is 4.74 Å². The first-order valence-corrected chi connectivity index (χ1v) is 12.3. The highest BCUT2D eigenvalue weighted by Crippen LogP contribution is 2.45. The summed E-state index contributed by atoms with van der Waals surface area (Å²) in [6.07, 6.45) is 1.23. The van der Waals surface area contributed by atoms with Gasteiger partial charge in [0.05, 0.1) is 22.6 Å². The topological polar surface area (TPSA) is 86.0 Å². The Balaban J connectivity index is 1.76. The quantitative estimate of drug-likeness (QED) is 0.360. The minimum absolute atomic E-state index is 0.133. The van der Waals surface area contributed by atoms with Crippen LogP contribution in [-0.2, 0) is 4.79 Å². The van der Waals surface area contributed by atoms with E-state index in [1.54, 1.807) is 9.58 Å². The molecule has 4 aromatic rings. The van der Waals surface area contributed by atoms with Gasteiger partial charge in [0, 0.05) is 12.0 Å². The summed E-state index contributed by atoms with van der Waals surface area (Å²) in [7, 11) is 0. The molecular weight excluding hydrogens is 472 g/mol. The van der Waals surface area contributed by atoms with E-state index >= 15 is 0 Å². The third-order valence-electron chi connectivity index (χ3n) is 5.56. The summed E-state index contributed by atoms with van der Waals surface area (Å²) in [6, 6.07) is 17.1. The normalized spacial score (nSPS) is 14.7. The van der Waals surface area contributed by atoms with Gasteiger partial charge in [-0.15, -0.1) is 10.2 Å². The molecule has 0 unspecified atom stereocenters. The molecule has 1 atom stereocenters. The second-order valence-corrected chi connectivity index (χ2v) is 8.73. The number of rotatable bonds is 4. The lowest BCUT2D eigenvalue weighted by atomic mass is 10.1. The van der Waals surface area contributed by atoms with Crippen molar-refractivity contribution in [3.05, 3.63) is 71.0 Å². The number of aryl methyl sites for hydroxylation is 1. The summed E-state index contributed by atoms with van der Waals surface area (Å²) in [5, 5.41) is 14.1. The van der Waals surface area contributed by atoms with Crippen LogP contribution in [0.2, 0.25) is 5.15 Å². The number of halogens is 1. The molecule has 0 spiro atoms. The largest absolute Gasteiger partial charge is 0.447 e. The van der Waals surface area contributed by atoms with E-state index < -0.39 is 6.23 Å². The monoisotopic (exact) mass is 492 g/mol. The third-order valence-corrected chi connectivity index (χ3v) is 6.46. The van der Waals surface area contributed by atoms with Crippen LogP contribution in [0.1, 0.15) is 30.8 Å². The van der Waals surface area contributed by atoms with Crippen LogP contribution in [0, 0.1) is 6.92 Å². The maximum absolute atomic E-state index is 13.4. The standard InChI is InChI=1S/C24H21ClN6O2S/c1-4-18(32)30-17-13-9-8-12-16(17)20-22(26-24(34-3)28-27-20)33-23(30)19-14(2)29-31(21(19)25)15-10-6-5-7-11-15/h5-13,23H,4H2,1-3H3/t23-/m1/s1. The maximum Gasteiger partial charge on any atom is 0.247 e. The number of carbonyl (C=O) groups is 1. The Labute approximate surface area is 205 Å².